The summed E-state index contributed by atoms with van der Waals surface area (Å²) in [7, 11) is 1.62. The molecule has 1 heterocycles. The summed E-state index contributed by atoms with van der Waals surface area (Å²) in [6, 6.07) is 14.9. The molecule has 4 nitrogen and oxygen atoms in total. The van der Waals surface area contributed by atoms with E-state index in [0.29, 0.717) is 12.1 Å². The molecule has 0 saturated heterocycles. The molecular formula is C19H19NO3. The first kappa shape index (κ1) is 15.3. The van der Waals surface area contributed by atoms with Crippen LogP contribution in [0.2, 0.25) is 0 Å². The number of methoxy groups -OCH3 is 1. The van der Waals surface area contributed by atoms with Gasteiger partial charge in [-0.1, -0.05) is 36.4 Å². The molecule has 1 N–H and O–H groups in total. The van der Waals surface area contributed by atoms with E-state index >= 15 is 0 Å². The van der Waals surface area contributed by atoms with Gasteiger partial charge in [0.2, 0.25) is 0 Å². The second-order valence-electron chi connectivity index (χ2n) is 5.61. The SMILES string of the molecule is C=CC[C@]1(O)C(=O)N(Cc2ccc(OC)cc2)c2ccccc21. The number of fused-ring (bicyclic) bond motifs is 1. The lowest BCUT2D eigenvalue weighted by molar-refractivity contribution is -0.135. The summed E-state index contributed by atoms with van der Waals surface area (Å²) in [6.45, 7) is 4.06. The molecule has 0 aromatic heterocycles. The van der Waals surface area contributed by atoms with E-state index in [4.69, 9.17) is 4.74 Å². The Kier molecular flexibility index (Phi) is 3.92. The lowest BCUT2D eigenvalue weighted by atomic mass is 9.92. The number of carbonyl (C=O) groups is 1. The zero-order valence-electron chi connectivity index (χ0n) is 13.0. The Balaban J connectivity index is 1.96. The fourth-order valence-electron chi connectivity index (χ4n) is 2.98. The van der Waals surface area contributed by atoms with Crippen LogP contribution in [0.3, 0.4) is 0 Å². The lowest BCUT2D eigenvalue weighted by Gasteiger charge is -2.22. The molecule has 1 aliphatic rings. The highest BCUT2D eigenvalue weighted by Gasteiger charge is 2.48. The molecule has 0 saturated carbocycles. The maximum absolute atomic E-state index is 12.8. The fourth-order valence-corrected chi connectivity index (χ4v) is 2.98. The fraction of sp³-hybridized carbons (Fsp3) is 0.211. The topological polar surface area (TPSA) is 49.8 Å². The number of anilines is 1. The molecule has 1 aliphatic heterocycles. The van der Waals surface area contributed by atoms with Crippen molar-refractivity contribution in [1.29, 1.82) is 0 Å². The minimum atomic E-state index is -1.52. The highest BCUT2D eigenvalue weighted by molar-refractivity contribution is 6.06. The smallest absolute Gasteiger partial charge is 0.264 e. The van der Waals surface area contributed by atoms with Crippen LogP contribution in [0.15, 0.2) is 61.2 Å². The van der Waals surface area contributed by atoms with Gasteiger partial charge in [0.05, 0.1) is 19.3 Å². The summed E-state index contributed by atoms with van der Waals surface area (Å²) < 4.78 is 5.15. The van der Waals surface area contributed by atoms with Crippen molar-refractivity contribution in [1.82, 2.24) is 0 Å². The van der Waals surface area contributed by atoms with Crippen molar-refractivity contribution >= 4 is 11.6 Å². The van der Waals surface area contributed by atoms with Crippen LogP contribution in [-0.2, 0) is 16.9 Å². The standard InChI is InChI=1S/C19H19NO3/c1-3-12-19(22)16-6-4-5-7-17(16)20(18(19)21)13-14-8-10-15(23-2)11-9-14/h3-11,22H,1,12-13H2,2H3/t19-/m1/s1. The number of benzene rings is 2. The molecule has 2 aromatic rings. The van der Waals surface area contributed by atoms with Crippen LogP contribution in [0, 0.1) is 0 Å². The number of ether oxygens (including phenoxy) is 1. The van der Waals surface area contributed by atoms with Gasteiger partial charge in [-0.15, -0.1) is 6.58 Å². The van der Waals surface area contributed by atoms with Gasteiger partial charge < -0.3 is 14.7 Å². The number of hydrogen-bond donors (Lipinski definition) is 1. The van der Waals surface area contributed by atoms with E-state index in [1.165, 1.54) is 0 Å². The molecule has 0 unspecified atom stereocenters. The molecule has 23 heavy (non-hydrogen) atoms. The lowest BCUT2D eigenvalue weighted by Crippen LogP contribution is -2.39. The predicted molar refractivity (Wildman–Crippen MR) is 89.3 cm³/mol. The number of rotatable bonds is 5. The van der Waals surface area contributed by atoms with Crippen molar-refractivity contribution in [2.75, 3.05) is 12.0 Å². The van der Waals surface area contributed by atoms with Gasteiger partial charge in [-0.25, -0.2) is 0 Å². The van der Waals surface area contributed by atoms with Crippen LogP contribution in [0.5, 0.6) is 5.75 Å². The van der Waals surface area contributed by atoms with Crippen LogP contribution >= 0.6 is 0 Å². The molecule has 0 bridgehead atoms. The van der Waals surface area contributed by atoms with E-state index in [-0.39, 0.29) is 12.3 Å². The third-order valence-electron chi connectivity index (χ3n) is 4.18. The molecule has 1 amide bonds. The molecule has 3 rings (SSSR count). The van der Waals surface area contributed by atoms with E-state index in [1.54, 1.807) is 24.2 Å². The zero-order valence-corrected chi connectivity index (χ0v) is 13.0. The van der Waals surface area contributed by atoms with Crippen LogP contribution in [0.4, 0.5) is 5.69 Å². The van der Waals surface area contributed by atoms with Crippen LogP contribution < -0.4 is 9.64 Å². The summed E-state index contributed by atoms with van der Waals surface area (Å²) >= 11 is 0. The second kappa shape index (κ2) is 5.89. The van der Waals surface area contributed by atoms with Gasteiger partial charge in [-0.3, -0.25) is 4.79 Å². The second-order valence-corrected chi connectivity index (χ2v) is 5.61. The molecule has 118 valence electrons. The molecule has 0 fully saturated rings. The summed E-state index contributed by atoms with van der Waals surface area (Å²) in [5, 5.41) is 10.9. The Bertz CT molecular complexity index is 739. The number of carbonyl (C=O) groups excluding carboxylic acids is 1. The first-order chi connectivity index (χ1) is 11.1. The normalized spacial score (nSPS) is 19.6. The van der Waals surface area contributed by atoms with E-state index in [9.17, 15) is 9.90 Å². The number of nitrogens with zero attached hydrogens (tertiary/aromatic N) is 1. The van der Waals surface area contributed by atoms with E-state index < -0.39 is 5.60 Å². The third kappa shape index (κ3) is 2.51. The van der Waals surface area contributed by atoms with Crippen molar-refractivity contribution in [3.8, 4) is 5.75 Å². The number of para-hydroxylation sites is 1. The Morgan fingerprint density at radius 3 is 2.57 bits per heavy atom. The predicted octanol–water partition coefficient (Wildman–Crippen LogP) is 3.01. The molecule has 0 aliphatic carbocycles. The average Bonchev–Trinajstić information content (AvgIpc) is 2.78. The first-order valence-electron chi connectivity index (χ1n) is 7.48. The van der Waals surface area contributed by atoms with Crippen molar-refractivity contribution in [3.05, 3.63) is 72.3 Å². The number of aliphatic hydroxyl groups is 1. The molecular weight excluding hydrogens is 290 g/mol. The Morgan fingerprint density at radius 2 is 1.91 bits per heavy atom. The Morgan fingerprint density at radius 1 is 1.22 bits per heavy atom. The number of amides is 1. The van der Waals surface area contributed by atoms with Crippen LogP contribution in [0.25, 0.3) is 0 Å². The highest BCUT2D eigenvalue weighted by atomic mass is 16.5. The molecule has 1 atom stereocenters. The van der Waals surface area contributed by atoms with Crippen molar-refractivity contribution < 1.29 is 14.6 Å². The molecule has 4 heteroatoms. The van der Waals surface area contributed by atoms with Crippen LogP contribution in [0.1, 0.15) is 17.5 Å². The molecule has 2 aromatic carbocycles. The summed E-state index contributed by atoms with van der Waals surface area (Å²) in [5.74, 6) is 0.458. The van der Waals surface area contributed by atoms with Gasteiger partial charge in [-0.05, 0) is 23.8 Å². The highest BCUT2D eigenvalue weighted by Crippen LogP contribution is 2.43. The van der Waals surface area contributed by atoms with Crippen LogP contribution in [-0.4, -0.2) is 18.1 Å². The average molecular weight is 309 g/mol. The number of hydrogen-bond acceptors (Lipinski definition) is 3. The summed E-state index contributed by atoms with van der Waals surface area (Å²) in [4.78, 5) is 14.4. The van der Waals surface area contributed by atoms with E-state index in [2.05, 4.69) is 6.58 Å². The third-order valence-corrected chi connectivity index (χ3v) is 4.18. The minimum absolute atomic E-state index is 0.196. The largest absolute Gasteiger partial charge is 0.497 e. The van der Waals surface area contributed by atoms with Gasteiger partial charge >= 0.3 is 0 Å². The van der Waals surface area contributed by atoms with Gasteiger partial charge in [-0.2, -0.15) is 0 Å². The van der Waals surface area contributed by atoms with Gasteiger partial charge in [0.25, 0.3) is 5.91 Å². The monoisotopic (exact) mass is 309 g/mol. The maximum atomic E-state index is 12.8. The first-order valence-corrected chi connectivity index (χ1v) is 7.48. The Hall–Kier alpha value is -2.59. The molecule has 0 radical (unpaired) electrons. The zero-order chi connectivity index (χ0) is 16.4. The van der Waals surface area contributed by atoms with Gasteiger partial charge in [0.1, 0.15) is 5.75 Å². The van der Waals surface area contributed by atoms with Crippen molar-refractivity contribution in [2.45, 2.75) is 18.6 Å². The van der Waals surface area contributed by atoms with Gasteiger partial charge in [0.15, 0.2) is 5.60 Å². The quantitative estimate of drug-likeness (QED) is 0.864. The summed E-state index contributed by atoms with van der Waals surface area (Å²) in [6.07, 6.45) is 1.77. The Labute approximate surface area is 135 Å². The van der Waals surface area contributed by atoms with E-state index in [0.717, 1.165) is 17.0 Å². The van der Waals surface area contributed by atoms with Crippen molar-refractivity contribution in [3.63, 3.8) is 0 Å². The van der Waals surface area contributed by atoms with Crippen molar-refractivity contribution in [2.24, 2.45) is 0 Å². The van der Waals surface area contributed by atoms with Gasteiger partial charge in [0, 0.05) is 12.0 Å². The van der Waals surface area contributed by atoms with E-state index in [1.807, 2.05) is 42.5 Å². The minimum Gasteiger partial charge on any atom is -0.497 e. The summed E-state index contributed by atoms with van der Waals surface area (Å²) in [5.41, 5.74) is 0.832. The molecule has 0 spiro atoms. The maximum Gasteiger partial charge on any atom is 0.264 e.